The molecular weight excluding hydrogens is 735 g/mol. The molecule has 1 aliphatic rings. The van der Waals surface area contributed by atoms with Crippen LogP contribution in [0.3, 0.4) is 0 Å². The Bertz CT molecular complexity index is 2910. The van der Waals surface area contributed by atoms with Crippen LogP contribution in [-0.2, 0) is 0 Å². The van der Waals surface area contributed by atoms with Crippen LogP contribution in [0, 0.1) is 0 Å². The molecule has 10 rings (SSSR count). The molecule has 7 heteroatoms. The number of para-hydroxylation sites is 4. The minimum atomic E-state index is 0.0258. The largest absolute Gasteiger partial charge is 0.292 e. The van der Waals surface area contributed by atoms with Gasteiger partial charge in [-0.1, -0.05) is 155 Å². The van der Waals surface area contributed by atoms with E-state index < -0.39 is 0 Å². The molecule has 0 saturated heterocycles. The van der Waals surface area contributed by atoms with Crippen molar-refractivity contribution in [2.45, 2.75) is 51.9 Å². The fourth-order valence-electron chi connectivity index (χ4n) is 8.15. The number of imidazole rings is 2. The van der Waals surface area contributed by atoms with Crippen molar-refractivity contribution in [2.75, 3.05) is 0 Å². The van der Waals surface area contributed by atoms with Crippen molar-refractivity contribution < 1.29 is 0 Å². The maximum atomic E-state index is 5.28. The second-order valence-corrected chi connectivity index (χ2v) is 16.2. The lowest BCUT2D eigenvalue weighted by Crippen LogP contribution is -2.09. The Kier molecular flexibility index (Phi) is 9.57. The molecule has 0 amide bonds. The van der Waals surface area contributed by atoms with Crippen molar-refractivity contribution in [2.24, 2.45) is 0 Å². The predicted octanol–water partition coefficient (Wildman–Crippen LogP) is 13.1. The zero-order valence-electron chi connectivity index (χ0n) is 34.2. The predicted molar refractivity (Wildman–Crippen MR) is 245 cm³/mol. The lowest BCUT2D eigenvalue weighted by atomic mass is 10.00. The number of fused-ring (bicyclic) bond motifs is 2. The van der Waals surface area contributed by atoms with Gasteiger partial charge in [-0.05, 0) is 71.8 Å². The van der Waals surface area contributed by atoms with E-state index in [1.54, 1.807) is 0 Å². The van der Waals surface area contributed by atoms with Crippen molar-refractivity contribution in [3.63, 3.8) is 0 Å². The molecule has 60 heavy (non-hydrogen) atoms. The maximum Gasteiger partial charge on any atom is 0.163 e. The normalized spacial score (nSPS) is 13.9. The van der Waals surface area contributed by atoms with Crippen LogP contribution in [0.2, 0.25) is 0 Å². The fourth-order valence-corrected chi connectivity index (χ4v) is 8.15. The summed E-state index contributed by atoms with van der Waals surface area (Å²) < 4.78 is 4.55. The summed E-state index contributed by atoms with van der Waals surface area (Å²) in [6.45, 7) is 8.89. The molecule has 292 valence electrons. The van der Waals surface area contributed by atoms with Crippen LogP contribution in [-0.4, -0.2) is 34.1 Å². The second-order valence-electron chi connectivity index (χ2n) is 16.2. The molecule has 1 atom stereocenters. The molecule has 0 bridgehead atoms. The topological polar surface area (TPSA) is 74.3 Å². The zero-order valence-corrected chi connectivity index (χ0v) is 34.2. The molecule has 1 aliphatic carbocycles. The summed E-state index contributed by atoms with van der Waals surface area (Å²) in [5.41, 5.74) is 12.1. The van der Waals surface area contributed by atoms with Crippen LogP contribution >= 0.6 is 0 Å². The Balaban J connectivity index is 1.26. The molecule has 0 saturated carbocycles. The van der Waals surface area contributed by atoms with Gasteiger partial charge in [-0.25, -0.2) is 24.9 Å². The van der Waals surface area contributed by atoms with Crippen molar-refractivity contribution in [1.82, 2.24) is 34.1 Å². The lowest BCUT2D eigenvalue weighted by molar-refractivity contribution is 0.764. The quantitative estimate of drug-likeness (QED) is 0.146. The third-order valence-electron chi connectivity index (χ3n) is 11.5. The lowest BCUT2D eigenvalue weighted by Gasteiger charge is -2.18. The van der Waals surface area contributed by atoms with Crippen LogP contribution in [0.1, 0.15) is 68.8 Å². The minimum absolute atomic E-state index is 0.0258. The van der Waals surface area contributed by atoms with Gasteiger partial charge in [0, 0.05) is 28.2 Å². The first kappa shape index (κ1) is 37.0. The fraction of sp³-hybridized carbons (Fsp3) is 0.151. The van der Waals surface area contributed by atoms with Crippen LogP contribution in [0.5, 0.6) is 0 Å². The van der Waals surface area contributed by atoms with Crippen molar-refractivity contribution in [1.29, 1.82) is 0 Å². The van der Waals surface area contributed by atoms with Gasteiger partial charge in [0.2, 0.25) is 0 Å². The van der Waals surface area contributed by atoms with Gasteiger partial charge in [-0.3, -0.25) is 9.13 Å². The first-order valence-corrected chi connectivity index (χ1v) is 20.8. The summed E-state index contributed by atoms with van der Waals surface area (Å²) in [6.07, 6.45) is 9.34. The van der Waals surface area contributed by atoms with E-state index in [4.69, 9.17) is 24.9 Å². The average molecular weight is 780 g/mol. The molecule has 9 aromatic rings. The van der Waals surface area contributed by atoms with E-state index in [9.17, 15) is 0 Å². The van der Waals surface area contributed by atoms with Gasteiger partial charge in [0.05, 0.1) is 33.4 Å². The Morgan fingerprint density at radius 2 is 0.967 bits per heavy atom. The number of hydrogen-bond donors (Lipinski definition) is 0. The van der Waals surface area contributed by atoms with Crippen LogP contribution in [0.4, 0.5) is 0 Å². The van der Waals surface area contributed by atoms with Gasteiger partial charge >= 0.3 is 0 Å². The van der Waals surface area contributed by atoms with Crippen LogP contribution < -0.4 is 0 Å². The third-order valence-corrected chi connectivity index (χ3v) is 11.5. The number of nitrogens with zero attached hydrogens (tertiary/aromatic N) is 7. The SMILES string of the molecule is CC(C)c1ccc(-c2nc3ccccc3n2-c2cc(-c3nc(-c4ccccc4)nc(C4C=CC=CC4)n3)cc(-n3c(-c4ccc(C(C)C)cc4)nc4ccccc43)c2)cc1. The van der Waals surface area contributed by atoms with E-state index in [0.29, 0.717) is 23.5 Å². The second kappa shape index (κ2) is 15.5. The summed E-state index contributed by atoms with van der Waals surface area (Å²) >= 11 is 0. The van der Waals surface area contributed by atoms with E-state index >= 15 is 0 Å². The monoisotopic (exact) mass is 779 g/mol. The van der Waals surface area contributed by atoms with Crippen LogP contribution in [0.15, 0.2) is 170 Å². The molecule has 0 spiro atoms. The number of rotatable bonds is 9. The van der Waals surface area contributed by atoms with Gasteiger partial charge in [-0.2, -0.15) is 0 Å². The number of aromatic nitrogens is 7. The van der Waals surface area contributed by atoms with Crippen molar-refractivity contribution >= 4 is 22.1 Å². The molecule has 0 fully saturated rings. The van der Waals surface area contributed by atoms with Crippen molar-refractivity contribution in [3.05, 3.63) is 187 Å². The third kappa shape index (κ3) is 6.92. The zero-order chi connectivity index (χ0) is 40.7. The van der Waals surface area contributed by atoms with Gasteiger partial charge in [0.15, 0.2) is 11.6 Å². The standard InChI is InChI=1S/C53H45N7/c1-34(2)36-23-27-40(28-24-36)52-54-45-19-11-13-21-47(45)59(52)43-31-42(51-57-49(38-15-7-5-8-16-38)56-50(58-51)39-17-9-6-10-18-39)32-44(33-43)60-48-22-14-12-20-46(48)55-53(60)41-29-25-37(26-30-41)35(3)4/h5-17,19-35,39H,18H2,1-4H3. The summed E-state index contributed by atoms with van der Waals surface area (Å²) in [5, 5.41) is 0. The average Bonchev–Trinajstić information content (AvgIpc) is 3.89. The highest BCUT2D eigenvalue weighted by Gasteiger charge is 2.23. The van der Waals surface area contributed by atoms with E-state index in [1.807, 2.05) is 30.3 Å². The summed E-state index contributed by atoms with van der Waals surface area (Å²) in [6, 6.07) is 51.2. The Hall–Kier alpha value is -7.25. The minimum Gasteiger partial charge on any atom is -0.292 e. The molecule has 0 N–H and O–H groups in total. The Morgan fingerprint density at radius 1 is 0.467 bits per heavy atom. The Labute approximate surface area is 350 Å². The van der Waals surface area contributed by atoms with E-state index in [2.05, 4.69) is 176 Å². The molecule has 3 aromatic heterocycles. The molecule has 0 radical (unpaired) electrons. The first-order valence-electron chi connectivity index (χ1n) is 20.8. The van der Waals surface area contributed by atoms with Gasteiger partial charge in [-0.15, -0.1) is 0 Å². The summed E-state index contributed by atoms with van der Waals surface area (Å²) in [7, 11) is 0. The number of hydrogen-bond acceptors (Lipinski definition) is 5. The molecular formula is C53H45N7. The first-order chi connectivity index (χ1) is 29.4. The molecule has 7 nitrogen and oxygen atoms in total. The highest BCUT2D eigenvalue weighted by molar-refractivity contribution is 5.86. The molecule has 1 unspecified atom stereocenters. The Morgan fingerprint density at radius 3 is 1.47 bits per heavy atom. The van der Waals surface area contributed by atoms with Crippen LogP contribution in [0.25, 0.3) is 79.0 Å². The highest BCUT2D eigenvalue weighted by atomic mass is 15.1. The molecule has 3 heterocycles. The van der Waals surface area contributed by atoms with Gasteiger partial charge < -0.3 is 0 Å². The van der Waals surface area contributed by atoms with E-state index in [0.717, 1.165) is 79.6 Å². The summed E-state index contributed by atoms with van der Waals surface area (Å²) in [5.74, 6) is 4.56. The number of allylic oxidation sites excluding steroid dienone is 4. The van der Waals surface area contributed by atoms with Crippen molar-refractivity contribution in [3.8, 4) is 56.9 Å². The highest BCUT2D eigenvalue weighted by Crippen LogP contribution is 2.37. The van der Waals surface area contributed by atoms with Gasteiger partial charge in [0.1, 0.15) is 17.5 Å². The maximum absolute atomic E-state index is 5.28. The number of benzene rings is 6. The van der Waals surface area contributed by atoms with E-state index in [1.165, 1.54) is 11.1 Å². The summed E-state index contributed by atoms with van der Waals surface area (Å²) in [4.78, 5) is 26.2. The smallest absolute Gasteiger partial charge is 0.163 e. The van der Waals surface area contributed by atoms with Gasteiger partial charge in [0.25, 0.3) is 0 Å². The molecule has 0 aliphatic heterocycles. The van der Waals surface area contributed by atoms with E-state index in [-0.39, 0.29) is 5.92 Å². The molecule has 6 aromatic carbocycles.